The molecule has 0 aromatic heterocycles. The molecule has 2 amide bonds. The zero-order chi connectivity index (χ0) is 15.6. The zero-order valence-electron chi connectivity index (χ0n) is 12.1. The lowest BCUT2D eigenvalue weighted by atomic mass is 10.2. The first-order valence-electron chi connectivity index (χ1n) is 7.31. The molecule has 7 nitrogen and oxygen atoms in total. The van der Waals surface area contributed by atoms with Crippen LogP contribution in [0.4, 0.5) is 4.79 Å². The highest BCUT2D eigenvalue weighted by atomic mass is 32.2. The molecule has 120 valence electrons. The maximum atomic E-state index is 12.2. The highest BCUT2D eigenvalue weighted by molar-refractivity contribution is 7.91. The summed E-state index contributed by atoms with van der Waals surface area (Å²) in [6.45, 7) is 2.16. The van der Waals surface area contributed by atoms with Gasteiger partial charge in [0.2, 0.25) is 0 Å². The fraction of sp³-hybridized carbons (Fsp3) is 0.846. The van der Waals surface area contributed by atoms with E-state index < -0.39 is 21.8 Å². The van der Waals surface area contributed by atoms with E-state index >= 15 is 0 Å². The molecule has 2 aliphatic rings. The molecular weight excluding hydrogens is 296 g/mol. The molecule has 3 atom stereocenters. The Bertz CT molecular complexity index is 519. The normalized spacial score (nSPS) is 30.7. The van der Waals surface area contributed by atoms with Gasteiger partial charge in [0.25, 0.3) is 0 Å². The van der Waals surface area contributed by atoms with E-state index in [0.717, 1.165) is 19.3 Å². The van der Waals surface area contributed by atoms with Gasteiger partial charge >= 0.3 is 12.0 Å². The molecular formula is C13H22N2O5S. The lowest BCUT2D eigenvalue weighted by molar-refractivity contribution is -0.138. The molecule has 21 heavy (non-hydrogen) atoms. The van der Waals surface area contributed by atoms with Gasteiger partial charge in [0.05, 0.1) is 24.0 Å². The van der Waals surface area contributed by atoms with Gasteiger partial charge in [0, 0.05) is 12.6 Å². The van der Waals surface area contributed by atoms with Gasteiger partial charge in [-0.3, -0.25) is 4.79 Å². The maximum absolute atomic E-state index is 12.2. The maximum Gasteiger partial charge on any atom is 0.317 e. The second-order valence-electron chi connectivity index (χ2n) is 5.90. The van der Waals surface area contributed by atoms with Crippen LogP contribution in [0.2, 0.25) is 0 Å². The highest BCUT2D eigenvalue weighted by Crippen LogP contribution is 2.34. The number of carbonyl (C=O) groups excluding carboxylic acids is 1. The van der Waals surface area contributed by atoms with Crippen molar-refractivity contribution in [1.29, 1.82) is 0 Å². The fourth-order valence-electron chi connectivity index (χ4n) is 2.88. The molecule has 0 spiro atoms. The first kappa shape index (κ1) is 16.1. The SMILES string of the molecule is CCCC1CC1NC(=O)N1CCS(=O)(=O)CC1CC(=O)O. The molecule has 2 N–H and O–H groups in total. The predicted molar refractivity (Wildman–Crippen MR) is 76.7 cm³/mol. The lowest BCUT2D eigenvalue weighted by Gasteiger charge is -2.34. The summed E-state index contributed by atoms with van der Waals surface area (Å²) in [5.74, 6) is -0.953. The van der Waals surface area contributed by atoms with Crippen LogP contribution in [-0.2, 0) is 14.6 Å². The Morgan fingerprint density at radius 1 is 1.38 bits per heavy atom. The number of sulfone groups is 1. The standard InChI is InChI=1S/C13H22N2O5S/c1-2-3-9-6-11(9)14-13(18)15-4-5-21(19,20)8-10(15)7-12(16)17/h9-11H,2-8H2,1H3,(H,14,18)(H,16,17). The summed E-state index contributed by atoms with van der Waals surface area (Å²) in [5.41, 5.74) is 0. The summed E-state index contributed by atoms with van der Waals surface area (Å²) in [5, 5.41) is 11.8. The minimum absolute atomic E-state index is 0.0667. The monoisotopic (exact) mass is 318 g/mol. The van der Waals surface area contributed by atoms with Gasteiger partial charge in [0.1, 0.15) is 0 Å². The summed E-state index contributed by atoms with van der Waals surface area (Å²) in [7, 11) is -3.26. The third kappa shape index (κ3) is 4.33. The van der Waals surface area contributed by atoms with E-state index in [1.807, 2.05) is 0 Å². The second-order valence-corrected chi connectivity index (χ2v) is 8.13. The summed E-state index contributed by atoms with van der Waals surface area (Å²) in [6.07, 6.45) is 2.75. The van der Waals surface area contributed by atoms with Crippen molar-refractivity contribution in [3.63, 3.8) is 0 Å². The van der Waals surface area contributed by atoms with Crippen LogP contribution in [0, 0.1) is 5.92 Å². The number of carbonyl (C=O) groups is 2. The van der Waals surface area contributed by atoms with Gasteiger partial charge in [-0.15, -0.1) is 0 Å². The Balaban J connectivity index is 1.95. The quantitative estimate of drug-likeness (QED) is 0.766. The van der Waals surface area contributed by atoms with Crippen molar-refractivity contribution < 1.29 is 23.1 Å². The molecule has 0 bridgehead atoms. The number of urea groups is 1. The first-order valence-corrected chi connectivity index (χ1v) is 9.14. The zero-order valence-corrected chi connectivity index (χ0v) is 12.9. The van der Waals surface area contributed by atoms with Crippen molar-refractivity contribution >= 4 is 21.8 Å². The average Bonchev–Trinajstić information content (AvgIpc) is 3.05. The van der Waals surface area contributed by atoms with E-state index in [2.05, 4.69) is 12.2 Å². The smallest absolute Gasteiger partial charge is 0.317 e. The third-order valence-corrected chi connectivity index (χ3v) is 5.79. The first-order chi connectivity index (χ1) is 9.82. The number of hydrogen-bond acceptors (Lipinski definition) is 4. The molecule has 1 saturated carbocycles. The summed E-state index contributed by atoms with van der Waals surface area (Å²) >= 11 is 0. The van der Waals surface area contributed by atoms with Gasteiger partial charge in [0.15, 0.2) is 9.84 Å². The Labute approximate surface area is 124 Å². The molecule has 1 saturated heterocycles. The van der Waals surface area contributed by atoms with Gasteiger partial charge in [-0.2, -0.15) is 0 Å². The van der Waals surface area contributed by atoms with Gasteiger partial charge < -0.3 is 15.3 Å². The number of rotatable bonds is 5. The summed E-state index contributed by atoms with van der Waals surface area (Å²) in [6, 6.07) is -0.953. The molecule has 2 fully saturated rings. The topological polar surface area (TPSA) is 104 Å². The molecule has 1 aliphatic carbocycles. The Morgan fingerprint density at radius 3 is 2.71 bits per heavy atom. The van der Waals surface area contributed by atoms with Crippen LogP contribution < -0.4 is 5.32 Å². The highest BCUT2D eigenvalue weighted by Gasteiger charge is 2.41. The van der Waals surface area contributed by atoms with Crippen molar-refractivity contribution in [1.82, 2.24) is 10.2 Å². The molecule has 0 aromatic rings. The summed E-state index contributed by atoms with van der Waals surface area (Å²) < 4.78 is 23.3. The number of amides is 2. The van der Waals surface area contributed by atoms with E-state index in [9.17, 15) is 18.0 Å². The molecule has 1 heterocycles. The minimum atomic E-state index is -3.26. The number of aliphatic carboxylic acids is 1. The molecule has 0 aromatic carbocycles. The van der Waals surface area contributed by atoms with Crippen molar-refractivity contribution in [2.75, 3.05) is 18.1 Å². The van der Waals surface area contributed by atoms with Crippen molar-refractivity contribution in [2.24, 2.45) is 5.92 Å². The molecule has 3 unspecified atom stereocenters. The second kappa shape index (κ2) is 6.21. The number of hydrogen-bond donors (Lipinski definition) is 2. The van der Waals surface area contributed by atoms with Crippen LogP contribution in [0.3, 0.4) is 0 Å². The van der Waals surface area contributed by atoms with Gasteiger partial charge in [-0.25, -0.2) is 13.2 Å². The Hall–Kier alpha value is -1.31. The van der Waals surface area contributed by atoms with E-state index in [1.54, 1.807) is 0 Å². The van der Waals surface area contributed by atoms with E-state index in [-0.39, 0.29) is 36.5 Å². The number of carboxylic acid groups (broad SMARTS) is 1. The number of carboxylic acids is 1. The van der Waals surface area contributed by atoms with Gasteiger partial charge in [-0.1, -0.05) is 13.3 Å². The van der Waals surface area contributed by atoms with Crippen LogP contribution in [-0.4, -0.2) is 60.6 Å². The largest absolute Gasteiger partial charge is 0.481 e. The van der Waals surface area contributed by atoms with Crippen LogP contribution in [0.25, 0.3) is 0 Å². The van der Waals surface area contributed by atoms with Crippen molar-refractivity contribution in [2.45, 2.75) is 44.7 Å². The van der Waals surface area contributed by atoms with Crippen LogP contribution in [0.15, 0.2) is 0 Å². The van der Waals surface area contributed by atoms with Gasteiger partial charge in [-0.05, 0) is 18.8 Å². The van der Waals surface area contributed by atoms with Crippen LogP contribution >= 0.6 is 0 Å². The summed E-state index contributed by atoms with van der Waals surface area (Å²) in [4.78, 5) is 24.5. The van der Waals surface area contributed by atoms with Crippen molar-refractivity contribution in [3.8, 4) is 0 Å². The van der Waals surface area contributed by atoms with E-state index in [1.165, 1.54) is 4.90 Å². The molecule has 8 heteroatoms. The predicted octanol–water partition coefficient (Wildman–Crippen LogP) is 0.458. The molecule has 1 aliphatic heterocycles. The van der Waals surface area contributed by atoms with Crippen molar-refractivity contribution in [3.05, 3.63) is 0 Å². The van der Waals surface area contributed by atoms with Crippen LogP contribution in [0.5, 0.6) is 0 Å². The average molecular weight is 318 g/mol. The van der Waals surface area contributed by atoms with E-state index in [0.29, 0.717) is 5.92 Å². The van der Waals surface area contributed by atoms with Crippen LogP contribution in [0.1, 0.15) is 32.6 Å². The fourth-order valence-corrected chi connectivity index (χ4v) is 4.41. The van der Waals surface area contributed by atoms with E-state index in [4.69, 9.17) is 5.11 Å². The number of nitrogens with one attached hydrogen (secondary N) is 1. The lowest BCUT2D eigenvalue weighted by Crippen LogP contribution is -2.55. The third-order valence-electron chi connectivity index (χ3n) is 4.09. The number of nitrogens with zero attached hydrogens (tertiary/aromatic N) is 1. The molecule has 0 radical (unpaired) electrons. The Morgan fingerprint density at radius 2 is 2.10 bits per heavy atom. The molecule has 2 rings (SSSR count). The Kier molecular flexibility index (Phi) is 4.75. The minimum Gasteiger partial charge on any atom is -0.481 e.